The number of sulfone groups is 1. The summed E-state index contributed by atoms with van der Waals surface area (Å²) in [4.78, 5) is 11.0. The van der Waals surface area contributed by atoms with E-state index < -0.39 is 15.4 Å². The van der Waals surface area contributed by atoms with Gasteiger partial charge in [0.15, 0.2) is 9.84 Å². The maximum absolute atomic E-state index is 11.1. The van der Waals surface area contributed by atoms with Crippen LogP contribution in [0, 0.1) is 0 Å². The minimum atomic E-state index is -2.88. The van der Waals surface area contributed by atoms with Gasteiger partial charge in [-0.05, 0) is 6.42 Å². The SMILES string of the molecule is Cl.O=C1CNC2(CCS(=O)(=O)C2)C1. The molecule has 1 N–H and O–H groups in total. The Hall–Kier alpha value is -0.130. The van der Waals surface area contributed by atoms with Crippen molar-refractivity contribution in [2.45, 2.75) is 18.4 Å². The molecule has 0 aromatic rings. The third kappa shape index (κ3) is 2.03. The Morgan fingerprint density at radius 3 is 2.46 bits per heavy atom. The minimum Gasteiger partial charge on any atom is -0.303 e. The molecule has 0 aromatic carbocycles. The molecule has 2 heterocycles. The molecule has 1 spiro atoms. The number of hydrogen-bond donors (Lipinski definition) is 1. The van der Waals surface area contributed by atoms with Gasteiger partial charge in [0, 0.05) is 12.0 Å². The van der Waals surface area contributed by atoms with Crippen LogP contribution in [0.1, 0.15) is 12.8 Å². The molecule has 13 heavy (non-hydrogen) atoms. The monoisotopic (exact) mass is 225 g/mol. The second kappa shape index (κ2) is 3.22. The lowest BCUT2D eigenvalue weighted by Gasteiger charge is -2.19. The molecule has 76 valence electrons. The lowest BCUT2D eigenvalue weighted by Crippen LogP contribution is -2.40. The molecular weight excluding hydrogens is 214 g/mol. The third-order valence-electron chi connectivity index (χ3n) is 2.58. The van der Waals surface area contributed by atoms with Crippen molar-refractivity contribution < 1.29 is 13.2 Å². The molecule has 1 atom stereocenters. The topological polar surface area (TPSA) is 63.2 Å². The second-order valence-corrected chi connectivity index (χ2v) is 5.88. The molecule has 0 aromatic heterocycles. The first-order valence-corrected chi connectivity index (χ1v) is 5.81. The van der Waals surface area contributed by atoms with Crippen molar-refractivity contribution in [3.63, 3.8) is 0 Å². The lowest BCUT2D eigenvalue weighted by molar-refractivity contribution is -0.116. The number of carbonyl (C=O) groups is 1. The van der Waals surface area contributed by atoms with Gasteiger partial charge in [-0.15, -0.1) is 12.4 Å². The van der Waals surface area contributed by atoms with Crippen molar-refractivity contribution in [1.82, 2.24) is 5.32 Å². The Balaban J connectivity index is 0.000000845. The van der Waals surface area contributed by atoms with Crippen molar-refractivity contribution >= 4 is 28.0 Å². The summed E-state index contributed by atoms with van der Waals surface area (Å²) in [6, 6.07) is 0. The highest BCUT2D eigenvalue weighted by atomic mass is 35.5. The van der Waals surface area contributed by atoms with Gasteiger partial charge in [0.2, 0.25) is 0 Å². The van der Waals surface area contributed by atoms with Crippen LogP contribution in [0.3, 0.4) is 0 Å². The highest BCUT2D eigenvalue weighted by molar-refractivity contribution is 7.91. The van der Waals surface area contributed by atoms with Crippen LogP contribution in [-0.2, 0) is 14.6 Å². The Morgan fingerprint density at radius 2 is 2.08 bits per heavy atom. The molecule has 2 aliphatic rings. The summed E-state index contributed by atoms with van der Waals surface area (Å²) < 4.78 is 22.3. The summed E-state index contributed by atoms with van der Waals surface area (Å²) in [7, 11) is -2.88. The van der Waals surface area contributed by atoms with Crippen LogP contribution in [-0.4, -0.2) is 37.8 Å². The van der Waals surface area contributed by atoms with Gasteiger partial charge in [-0.25, -0.2) is 8.42 Å². The molecule has 6 heteroatoms. The van der Waals surface area contributed by atoms with Gasteiger partial charge < -0.3 is 5.32 Å². The van der Waals surface area contributed by atoms with Crippen LogP contribution in [0.25, 0.3) is 0 Å². The first-order valence-electron chi connectivity index (χ1n) is 3.99. The summed E-state index contributed by atoms with van der Waals surface area (Å²) >= 11 is 0. The molecule has 2 saturated heterocycles. The van der Waals surface area contributed by atoms with E-state index >= 15 is 0 Å². The van der Waals surface area contributed by atoms with E-state index in [0.717, 1.165) is 0 Å². The predicted molar refractivity (Wildman–Crippen MR) is 50.9 cm³/mol. The first kappa shape index (κ1) is 10.9. The molecule has 0 saturated carbocycles. The first-order chi connectivity index (χ1) is 5.52. The molecule has 0 radical (unpaired) electrons. The number of hydrogen-bond acceptors (Lipinski definition) is 4. The van der Waals surface area contributed by atoms with Gasteiger partial charge in [0.25, 0.3) is 0 Å². The number of rotatable bonds is 0. The van der Waals surface area contributed by atoms with Crippen LogP contribution in [0.4, 0.5) is 0 Å². The highest BCUT2D eigenvalue weighted by Gasteiger charge is 2.46. The van der Waals surface area contributed by atoms with Gasteiger partial charge in [-0.1, -0.05) is 0 Å². The third-order valence-corrected chi connectivity index (χ3v) is 4.40. The fraction of sp³-hybridized carbons (Fsp3) is 0.857. The molecule has 0 bridgehead atoms. The normalized spacial score (nSPS) is 36.5. The van der Waals surface area contributed by atoms with Crippen LogP contribution in [0.5, 0.6) is 0 Å². The predicted octanol–water partition coefficient (Wildman–Crippen LogP) is -0.472. The molecule has 2 rings (SSSR count). The fourth-order valence-corrected chi connectivity index (χ4v) is 4.02. The molecule has 1 unspecified atom stereocenters. The Kier molecular flexibility index (Phi) is 2.71. The largest absolute Gasteiger partial charge is 0.303 e. The van der Waals surface area contributed by atoms with E-state index in [1.165, 1.54) is 0 Å². The zero-order valence-corrected chi connectivity index (χ0v) is 8.71. The van der Waals surface area contributed by atoms with E-state index in [0.29, 0.717) is 19.4 Å². The number of halogens is 1. The van der Waals surface area contributed by atoms with E-state index in [4.69, 9.17) is 0 Å². The van der Waals surface area contributed by atoms with Gasteiger partial charge in [0.1, 0.15) is 5.78 Å². The summed E-state index contributed by atoms with van der Waals surface area (Å²) in [6.45, 7) is 0.343. The molecule has 0 aliphatic carbocycles. The van der Waals surface area contributed by atoms with Crippen molar-refractivity contribution in [3.05, 3.63) is 0 Å². The maximum Gasteiger partial charge on any atom is 0.152 e. The summed E-state index contributed by atoms with van der Waals surface area (Å²) in [5, 5.41) is 3.01. The van der Waals surface area contributed by atoms with Crippen LogP contribution in [0.15, 0.2) is 0 Å². The number of carbonyl (C=O) groups excluding carboxylic acids is 1. The molecule has 4 nitrogen and oxygen atoms in total. The Morgan fingerprint density at radius 1 is 1.38 bits per heavy atom. The van der Waals surface area contributed by atoms with Crippen LogP contribution >= 0.6 is 12.4 Å². The van der Waals surface area contributed by atoms with Crippen molar-refractivity contribution in [2.24, 2.45) is 0 Å². The molecular formula is C7H12ClNO3S. The van der Waals surface area contributed by atoms with Crippen LogP contribution in [0.2, 0.25) is 0 Å². The smallest absolute Gasteiger partial charge is 0.152 e. The van der Waals surface area contributed by atoms with Crippen molar-refractivity contribution in [2.75, 3.05) is 18.1 Å². The molecule has 2 aliphatic heterocycles. The standard InChI is InChI=1S/C7H11NO3S.ClH/c9-6-3-7(8-4-6)1-2-12(10,11)5-7;/h8H,1-5H2;1H. The Bertz CT molecular complexity index is 327. The summed E-state index contributed by atoms with van der Waals surface area (Å²) in [5.74, 6) is 0.506. The van der Waals surface area contributed by atoms with Crippen molar-refractivity contribution in [3.8, 4) is 0 Å². The zero-order chi connectivity index (χ0) is 8.82. The average molecular weight is 226 g/mol. The zero-order valence-electron chi connectivity index (χ0n) is 7.08. The van der Waals surface area contributed by atoms with E-state index in [1.807, 2.05) is 0 Å². The number of nitrogens with one attached hydrogen (secondary N) is 1. The maximum atomic E-state index is 11.1. The number of Topliss-reactive ketones (excluding diaryl/α,β-unsaturated/α-hetero) is 1. The number of ketones is 1. The minimum absolute atomic E-state index is 0. The van der Waals surface area contributed by atoms with E-state index in [9.17, 15) is 13.2 Å². The van der Waals surface area contributed by atoms with E-state index in [1.54, 1.807) is 0 Å². The van der Waals surface area contributed by atoms with Gasteiger partial charge in [-0.3, -0.25) is 4.79 Å². The molecule has 0 amide bonds. The van der Waals surface area contributed by atoms with Gasteiger partial charge in [0.05, 0.1) is 18.1 Å². The summed E-state index contributed by atoms with van der Waals surface area (Å²) in [5.41, 5.74) is -0.393. The van der Waals surface area contributed by atoms with Crippen molar-refractivity contribution in [1.29, 1.82) is 0 Å². The highest BCUT2D eigenvalue weighted by Crippen LogP contribution is 2.29. The fourth-order valence-electron chi connectivity index (χ4n) is 1.98. The average Bonchev–Trinajstić information content (AvgIpc) is 2.41. The Labute approximate surface area is 83.4 Å². The molecule has 2 fully saturated rings. The summed E-state index contributed by atoms with van der Waals surface area (Å²) in [6.07, 6.45) is 0.993. The second-order valence-electron chi connectivity index (χ2n) is 3.69. The lowest BCUT2D eigenvalue weighted by atomic mass is 9.97. The van der Waals surface area contributed by atoms with E-state index in [-0.39, 0.29) is 29.7 Å². The van der Waals surface area contributed by atoms with Gasteiger partial charge in [-0.2, -0.15) is 0 Å². The van der Waals surface area contributed by atoms with Crippen LogP contribution < -0.4 is 5.32 Å². The van der Waals surface area contributed by atoms with Gasteiger partial charge >= 0.3 is 0 Å². The quantitative estimate of drug-likeness (QED) is 0.606. The van der Waals surface area contributed by atoms with E-state index in [2.05, 4.69) is 5.32 Å².